The van der Waals surface area contributed by atoms with Crippen molar-refractivity contribution in [2.45, 2.75) is 25.3 Å². The summed E-state index contributed by atoms with van der Waals surface area (Å²) in [6.07, 6.45) is 7.75. The van der Waals surface area contributed by atoms with E-state index in [-0.39, 0.29) is 6.04 Å². The molecule has 0 aliphatic heterocycles. The van der Waals surface area contributed by atoms with Gasteiger partial charge in [0.1, 0.15) is 11.8 Å². The number of hydrogen-bond acceptors (Lipinski definition) is 6. The summed E-state index contributed by atoms with van der Waals surface area (Å²) in [5, 5.41) is 21.0. The molecule has 132 valence electrons. The van der Waals surface area contributed by atoms with Gasteiger partial charge in [0.15, 0.2) is 12.2 Å². The fourth-order valence-electron chi connectivity index (χ4n) is 3.70. The normalized spacial score (nSPS) is 16.0. The van der Waals surface area contributed by atoms with Crippen LogP contribution in [-0.4, -0.2) is 20.2 Å². The van der Waals surface area contributed by atoms with Gasteiger partial charge in [-0.15, -0.1) is 0 Å². The lowest BCUT2D eigenvalue weighted by atomic mass is 9.91. The van der Waals surface area contributed by atoms with Crippen LogP contribution in [0, 0.1) is 11.3 Å². The van der Waals surface area contributed by atoms with E-state index < -0.39 is 0 Å². The van der Waals surface area contributed by atoms with E-state index in [1.165, 1.54) is 6.39 Å². The predicted molar refractivity (Wildman–Crippen MR) is 99.8 cm³/mol. The number of aromatic amines is 1. The molecule has 3 aromatic heterocycles. The molecule has 0 saturated carbocycles. The number of nitrogens with one attached hydrogen (secondary N) is 2. The maximum atomic E-state index is 9.10. The highest BCUT2D eigenvalue weighted by molar-refractivity contribution is 5.93. The van der Waals surface area contributed by atoms with Crippen molar-refractivity contribution >= 4 is 16.6 Å². The van der Waals surface area contributed by atoms with Crippen LogP contribution in [0.5, 0.6) is 0 Å². The first-order valence-electron chi connectivity index (χ1n) is 8.84. The molecule has 4 aromatic rings. The van der Waals surface area contributed by atoms with E-state index in [4.69, 9.17) is 9.68 Å². The van der Waals surface area contributed by atoms with E-state index in [9.17, 15) is 0 Å². The molecule has 0 spiro atoms. The third-order valence-corrected chi connectivity index (χ3v) is 4.97. The van der Waals surface area contributed by atoms with Crippen LogP contribution in [0.25, 0.3) is 22.4 Å². The summed E-state index contributed by atoms with van der Waals surface area (Å²) in [7, 11) is 0. The van der Waals surface area contributed by atoms with Crippen molar-refractivity contribution in [3.63, 3.8) is 0 Å². The van der Waals surface area contributed by atoms with E-state index in [1.54, 1.807) is 12.4 Å². The highest BCUT2D eigenvalue weighted by atomic mass is 16.3. The van der Waals surface area contributed by atoms with Crippen molar-refractivity contribution in [3.8, 4) is 17.5 Å². The summed E-state index contributed by atoms with van der Waals surface area (Å²) in [6.45, 7) is 0. The molecule has 2 N–H and O–H groups in total. The number of hydrogen-bond donors (Lipinski definition) is 2. The Kier molecular flexibility index (Phi) is 3.61. The van der Waals surface area contributed by atoms with Gasteiger partial charge >= 0.3 is 0 Å². The second-order valence-corrected chi connectivity index (χ2v) is 6.67. The molecule has 0 unspecified atom stereocenters. The summed E-state index contributed by atoms with van der Waals surface area (Å²) < 4.78 is 5.39. The second kappa shape index (κ2) is 6.25. The number of nitrogens with zero attached hydrogens (tertiary/aromatic N) is 4. The summed E-state index contributed by atoms with van der Waals surface area (Å²) in [6, 6.07) is 10.3. The molecule has 0 fully saturated rings. The van der Waals surface area contributed by atoms with Gasteiger partial charge in [-0.25, -0.2) is 4.98 Å². The summed E-state index contributed by atoms with van der Waals surface area (Å²) in [4.78, 5) is 8.52. The Morgan fingerprint density at radius 1 is 1.26 bits per heavy atom. The Labute approximate surface area is 155 Å². The maximum absolute atomic E-state index is 9.10. The van der Waals surface area contributed by atoms with Gasteiger partial charge in [0.2, 0.25) is 0 Å². The average Bonchev–Trinajstić information content (AvgIpc) is 3.37. The third kappa shape index (κ3) is 2.72. The first-order chi connectivity index (χ1) is 13.3. The molecule has 1 aliphatic rings. The van der Waals surface area contributed by atoms with Gasteiger partial charge in [0.05, 0.1) is 29.0 Å². The Hall–Kier alpha value is -3.66. The number of H-pyrrole nitrogens is 1. The zero-order chi connectivity index (χ0) is 18.2. The van der Waals surface area contributed by atoms with E-state index in [0.717, 1.165) is 52.8 Å². The number of rotatable bonds is 3. The molecule has 0 radical (unpaired) electrons. The lowest BCUT2D eigenvalue weighted by Crippen LogP contribution is -2.19. The number of fused-ring (bicyclic) bond motifs is 2. The van der Waals surface area contributed by atoms with Crippen LogP contribution < -0.4 is 5.32 Å². The lowest BCUT2D eigenvalue weighted by Gasteiger charge is -2.26. The largest absolute Gasteiger partial charge is 0.442 e. The van der Waals surface area contributed by atoms with Gasteiger partial charge in [0.25, 0.3) is 0 Å². The van der Waals surface area contributed by atoms with Gasteiger partial charge < -0.3 is 9.73 Å². The van der Waals surface area contributed by atoms with Crippen molar-refractivity contribution in [2.24, 2.45) is 0 Å². The number of aromatic nitrogens is 4. The Morgan fingerprint density at radius 3 is 3.07 bits per heavy atom. The van der Waals surface area contributed by atoms with E-state index in [2.05, 4.69) is 37.6 Å². The summed E-state index contributed by atoms with van der Waals surface area (Å²) in [5.41, 5.74) is 5.48. The number of pyridine rings is 1. The topological polar surface area (TPSA) is 103 Å². The number of anilines is 1. The fraction of sp³-hybridized carbons (Fsp3) is 0.200. The number of oxazole rings is 1. The predicted octanol–water partition coefficient (Wildman–Crippen LogP) is 3.97. The Morgan fingerprint density at radius 2 is 2.22 bits per heavy atom. The van der Waals surface area contributed by atoms with Crippen molar-refractivity contribution in [1.29, 1.82) is 5.26 Å². The molecule has 3 heterocycles. The van der Waals surface area contributed by atoms with Crippen LogP contribution in [0.1, 0.15) is 35.7 Å². The number of benzene rings is 1. The van der Waals surface area contributed by atoms with Crippen LogP contribution in [-0.2, 0) is 6.42 Å². The molecule has 1 aliphatic carbocycles. The molecule has 1 atom stereocenters. The maximum Gasteiger partial charge on any atom is 0.181 e. The fourth-order valence-corrected chi connectivity index (χ4v) is 3.70. The average molecular weight is 356 g/mol. The molecule has 5 rings (SSSR count). The quantitative estimate of drug-likeness (QED) is 0.575. The van der Waals surface area contributed by atoms with Crippen molar-refractivity contribution in [1.82, 2.24) is 20.2 Å². The molecular formula is C20H16N6O. The minimum absolute atomic E-state index is 0.125. The van der Waals surface area contributed by atoms with E-state index >= 15 is 0 Å². The Bertz CT molecular complexity index is 1160. The summed E-state index contributed by atoms with van der Waals surface area (Å²) in [5.74, 6) is 0.632. The number of nitriles is 1. The zero-order valence-electron chi connectivity index (χ0n) is 14.4. The minimum atomic E-state index is 0.125. The van der Waals surface area contributed by atoms with Crippen LogP contribution in [0.3, 0.4) is 0 Å². The van der Waals surface area contributed by atoms with Crippen LogP contribution in [0.2, 0.25) is 0 Å². The molecule has 7 nitrogen and oxygen atoms in total. The smallest absolute Gasteiger partial charge is 0.181 e. The van der Waals surface area contributed by atoms with Crippen LogP contribution in [0.15, 0.2) is 47.5 Å². The lowest BCUT2D eigenvalue weighted by molar-refractivity contribution is 0.570. The first kappa shape index (κ1) is 15.6. The molecule has 0 saturated heterocycles. The van der Waals surface area contributed by atoms with Crippen molar-refractivity contribution < 1.29 is 4.42 Å². The van der Waals surface area contributed by atoms with Gasteiger partial charge in [0, 0.05) is 17.3 Å². The number of aryl methyl sites for hydroxylation is 1. The van der Waals surface area contributed by atoms with Gasteiger partial charge in [-0.3, -0.25) is 10.1 Å². The van der Waals surface area contributed by atoms with Gasteiger partial charge in [-0.1, -0.05) is 0 Å². The van der Waals surface area contributed by atoms with E-state index in [0.29, 0.717) is 11.3 Å². The van der Waals surface area contributed by atoms with Crippen LogP contribution in [0.4, 0.5) is 5.69 Å². The third-order valence-electron chi connectivity index (χ3n) is 4.97. The second-order valence-electron chi connectivity index (χ2n) is 6.67. The van der Waals surface area contributed by atoms with E-state index in [1.807, 2.05) is 18.2 Å². The molecule has 1 aromatic carbocycles. The van der Waals surface area contributed by atoms with Crippen molar-refractivity contribution in [3.05, 3.63) is 59.9 Å². The molecular weight excluding hydrogens is 340 g/mol. The zero-order valence-corrected chi connectivity index (χ0v) is 14.4. The van der Waals surface area contributed by atoms with Gasteiger partial charge in [-0.2, -0.15) is 10.4 Å². The standard InChI is InChI=1S/C20H16N6O/c21-8-12-6-13-2-1-3-17(19(13)23-9-12)24-14-4-5-16-15(7-14)20(26-25-16)18-10-22-11-27-18/h4-7,9-11,17,24H,1-3H2,(H,25,26)/t17-/m1/s1. The summed E-state index contributed by atoms with van der Waals surface area (Å²) >= 11 is 0. The van der Waals surface area contributed by atoms with Crippen molar-refractivity contribution in [2.75, 3.05) is 5.32 Å². The molecule has 0 amide bonds. The first-order valence-corrected chi connectivity index (χ1v) is 8.84. The molecule has 7 heteroatoms. The monoisotopic (exact) mass is 356 g/mol. The van der Waals surface area contributed by atoms with Gasteiger partial charge in [-0.05, 0) is 49.1 Å². The SMILES string of the molecule is N#Cc1cnc2c(c1)CCC[C@H]2Nc1ccc2[nH]nc(-c3cnco3)c2c1. The highest BCUT2D eigenvalue weighted by Gasteiger charge is 2.22. The molecule has 27 heavy (non-hydrogen) atoms. The Balaban J connectivity index is 1.49. The minimum Gasteiger partial charge on any atom is -0.442 e. The van der Waals surface area contributed by atoms with Crippen LogP contribution >= 0.6 is 0 Å². The highest BCUT2D eigenvalue weighted by Crippen LogP contribution is 2.33. The molecule has 0 bridgehead atoms.